The molecular formula is C15H23N3OS2. The van der Waals surface area contributed by atoms with Gasteiger partial charge in [-0.15, -0.1) is 11.8 Å². The predicted molar refractivity (Wildman–Crippen MR) is 88.7 cm³/mol. The molecule has 116 valence electrons. The van der Waals surface area contributed by atoms with Crippen molar-refractivity contribution in [1.82, 2.24) is 9.88 Å². The van der Waals surface area contributed by atoms with E-state index in [0.717, 1.165) is 22.4 Å². The quantitative estimate of drug-likeness (QED) is 0.866. The van der Waals surface area contributed by atoms with Gasteiger partial charge in [0.15, 0.2) is 5.13 Å². The largest absolute Gasteiger partial charge is 0.375 e. The van der Waals surface area contributed by atoms with Crippen molar-refractivity contribution in [2.45, 2.75) is 55.7 Å². The molecule has 0 bridgehead atoms. The summed E-state index contributed by atoms with van der Waals surface area (Å²) in [5.41, 5.74) is 6.66. The van der Waals surface area contributed by atoms with Crippen molar-refractivity contribution >= 4 is 34.1 Å². The highest BCUT2D eigenvalue weighted by atomic mass is 32.2. The number of fused-ring (bicyclic) bond motifs is 1. The number of hydrogen-bond acceptors (Lipinski definition) is 5. The molecule has 2 atom stereocenters. The molecule has 0 radical (unpaired) electrons. The summed E-state index contributed by atoms with van der Waals surface area (Å²) in [6, 6.07) is 0.508. The fraction of sp³-hybridized carbons (Fsp3) is 0.733. The number of nitrogens with two attached hydrogens (primary N) is 1. The molecule has 4 nitrogen and oxygen atoms in total. The van der Waals surface area contributed by atoms with E-state index in [-0.39, 0.29) is 0 Å². The highest BCUT2D eigenvalue weighted by molar-refractivity contribution is 8.01. The van der Waals surface area contributed by atoms with Gasteiger partial charge in [0.1, 0.15) is 0 Å². The molecule has 21 heavy (non-hydrogen) atoms. The second-order valence-electron chi connectivity index (χ2n) is 6.05. The molecular weight excluding hydrogens is 302 g/mol. The van der Waals surface area contributed by atoms with Crippen LogP contribution in [0, 0.1) is 12.8 Å². The summed E-state index contributed by atoms with van der Waals surface area (Å²) >= 11 is 3.08. The molecule has 2 aliphatic rings. The Morgan fingerprint density at radius 3 is 2.90 bits per heavy atom. The van der Waals surface area contributed by atoms with Gasteiger partial charge in [0.2, 0.25) is 5.91 Å². The molecule has 1 aromatic heterocycles. The first kappa shape index (κ1) is 15.2. The van der Waals surface area contributed by atoms with E-state index in [1.54, 1.807) is 11.8 Å². The van der Waals surface area contributed by atoms with Crippen LogP contribution in [0.3, 0.4) is 0 Å². The Hall–Kier alpha value is -0.750. The van der Waals surface area contributed by atoms with Crippen molar-refractivity contribution in [3.05, 3.63) is 5.69 Å². The van der Waals surface area contributed by atoms with E-state index in [9.17, 15) is 4.79 Å². The summed E-state index contributed by atoms with van der Waals surface area (Å²) < 4.78 is 1.08. The standard InChI is InChI=1S/C15H23N3OS2/c1-10-14(21-15(16)17-10)20-9-13(19)18-8-4-6-11-5-2-3-7-12(11)18/h11-12H,2-9H2,1H3,(H2,16,17). The van der Waals surface area contributed by atoms with Gasteiger partial charge in [0.25, 0.3) is 0 Å². The SMILES string of the molecule is Cc1nc(N)sc1SCC(=O)N1CCCC2CCCCC21. The number of nitrogens with zero attached hydrogens (tertiary/aromatic N) is 2. The van der Waals surface area contributed by atoms with Crippen molar-refractivity contribution < 1.29 is 4.79 Å². The van der Waals surface area contributed by atoms with Crippen LogP contribution in [0.25, 0.3) is 0 Å². The lowest BCUT2D eigenvalue weighted by Gasteiger charge is -2.44. The second kappa shape index (κ2) is 6.57. The van der Waals surface area contributed by atoms with E-state index >= 15 is 0 Å². The molecule has 6 heteroatoms. The maximum atomic E-state index is 12.6. The number of hydrogen-bond donors (Lipinski definition) is 1. The van der Waals surface area contributed by atoms with E-state index in [0.29, 0.717) is 22.8 Å². The number of anilines is 1. The number of likely N-dealkylation sites (tertiary alicyclic amines) is 1. The number of piperidine rings is 1. The van der Waals surface area contributed by atoms with Crippen molar-refractivity contribution in [3.63, 3.8) is 0 Å². The molecule has 2 unspecified atom stereocenters. The average molecular weight is 326 g/mol. The Morgan fingerprint density at radius 2 is 2.14 bits per heavy atom. The summed E-state index contributed by atoms with van der Waals surface area (Å²) in [6.07, 6.45) is 7.62. The van der Waals surface area contributed by atoms with Gasteiger partial charge in [-0.05, 0) is 38.5 Å². The van der Waals surface area contributed by atoms with E-state index in [4.69, 9.17) is 5.73 Å². The molecule has 1 aliphatic heterocycles. The molecule has 1 aromatic rings. The van der Waals surface area contributed by atoms with Gasteiger partial charge in [0.05, 0.1) is 15.7 Å². The lowest BCUT2D eigenvalue weighted by Crippen LogP contribution is -2.50. The minimum Gasteiger partial charge on any atom is -0.375 e. The van der Waals surface area contributed by atoms with Crippen LogP contribution >= 0.6 is 23.1 Å². The van der Waals surface area contributed by atoms with Gasteiger partial charge in [-0.2, -0.15) is 0 Å². The zero-order chi connectivity index (χ0) is 14.8. The molecule has 2 heterocycles. The number of rotatable bonds is 3. The number of carbonyl (C=O) groups is 1. The second-order valence-corrected chi connectivity index (χ2v) is 8.33. The maximum Gasteiger partial charge on any atom is 0.233 e. The van der Waals surface area contributed by atoms with E-state index in [2.05, 4.69) is 9.88 Å². The lowest BCUT2D eigenvalue weighted by atomic mass is 9.78. The van der Waals surface area contributed by atoms with Crippen LogP contribution in [0.4, 0.5) is 5.13 Å². The third kappa shape index (κ3) is 3.37. The molecule has 1 saturated carbocycles. The third-order valence-electron chi connectivity index (χ3n) is 4.66. The Labute approximate surface area is 134 Å². The molecule has 1 saturated heterocycles. The topological polar surface area (TPSA) is 59.2 Å². The molecule has 3 rings (SSSR count). The van der Waals surface area contributed by atoms with Gasteiger partial charge in [-0.25, -0.2) is 4.98 Å². The zero-order valence-corrected chi connectivity index (χ0v) is 14.1. The number of thiazole rings is 1. The van der Waals surface area contributed by atoms with Gasteiger partial charge in [0, 0.05) is 12.6 Å². The summed E-state index contributed by atoms with van der Waals surface area (Å²) in [5, 5.41) is 0.591. The third-order valence-corrected chi connectivity index (χ3v) is 6.99. The minimum atomic E-state index is 0.294. The summed E-state index contributed by atoms with van der Waals surface area (Å²) in [4.78, 5) is 19.0. The maximum absolute atomic E-state index is 12.6. The molecule has 1 amide bonds. The van der Waals surface area contributed by atoms with E-state index < -0.39 is 0 Å². The summed E-state index contributed by atoms with van der Waals surface area (Å²) in [7, 11) is 0. The van der Waals surface area contributed by atoms with E-state index in [1.807, 2.05) is 6.92 Å². The minimum absolute atomic E-state index is 0.294. The molecule has 2 fully saturated rings. The Bertz CT molecular complexity index is 515. The van der Waals surface area contributed by atoms with Crippen LogP contribution in [0.5, 0.6) is 0 Å². The lowest BCUT2D eigenvalue weighted by molar-refractivity contribution is -0.134. The fourth-order valence-electron chi connectivity index (χ4n) is 3.68. The highest BCUT2D eigenvalue weighted by Crippen LogP contribution is 2.36. The zero-order valence-electron chi connectivity index (χ0n) is 12.5. The molecule has 1 aliphatic carbocycles. The van der Waals surface area contributed by atoms with Crippen LogP contribution in [0.15, 0.2) is 4.21 Å². The first-order chi connectivity index (χ1) is 10.1. The van der Waals surface area contributed by atoms with Crippen LogP contribution in [-0.4, -0.2) is 34.1 Å². The molecule has 0 spiro atoms. The summed E-state index contributed by atoms with van der Waals surface area (Å²) in [5.74, 6) is 1.57. The Balaban J connectivity index is 1.60. The van der Waals surface area contributed by atoms with Crippen molar-refractivity contribution in [2.24, 2.45) is 5.92 Å². The highest BCUT2D eigenvalue weighted by Gasteiger charge is 2.35. The molecule has 2 N–H and O–H groups in total. The van der Waals surface area contributed by atoms with Crippen LogP contribution in [-0.2, 0) is 4.79 Å². The number of carbonyl (C=O) groups excluding carboxylic acids is 1. The number of thioether (sulfide) groups is 1. The summed E-state index contributed by atoms with van der Waals surface area (Å²) in [6.45, 7) is 2.90. The Kier molecular flexibility index (Phi) is 4.74. The van der Waals surface area contributed by atoms with Gasteiger partial charge in [-0.1, -0.05) is 24.2 Å². The van der Waals surface area contributed by atoms with Crippen molar-refractivity contribution in [2.75, 3.05) is 18.0 Å². The number of aryl methyl sites for hydroxylation is 1. The number of nitrogen functional groups attached to an aromatic ring is 1. The molecule has 0 aromatic carbocycles. The number of amides is 1. The Morgan fingerprint density at radius 1 is 1.38 bits per heavy atom. The van der Waals surface area contributed by atoms with Crippen molar-refractivity contribution in [1.29, 1.82) is 0 Å². The van der Waals surface area contributed by atoms with Gasteiger partial charge >= 0.3 is 0 Å². The number of aromatic nitrogens is 1. The first-order valence-electron chi connectivity index (χ1n) is 7.80. The fourth-order valence-corrected chi connectivity index (χ4v) is 5.59. The van der Waals surface area contributed by atoms with Crippen LogP contribution in [0.2, 0.25) is 0 Å². The average Bonchev–Trinajstić information content (AvgIpc) is 2.82. The van der Waals surface area contributed by atoms with Crippen LogP contribution in [0.1, 0.15) is 44.2 Å². The first-order valence-corrected chi connectivity index (χ1v) is 9.60. The smallest absolute Gasteiger partial charge is 0.233 e. The van der Waals surface area contributed by atoms with Gasteiger partial charge < -0.3 is 10.6 Å². The van der Waals surface area contributed by atoms with Crippen LogP contribution < -0.4 is 5.73 Å². The van der Waals surface area contributed by atoms with Gasteiger partial charge in [-0.3, -0.25) is 4.79 Å². The van der Waals surface area contributed by atoms with E-state index in [1.165, 1.54) is 49.9 Å². The predicted octanol–water partition coefficient (Wildman–Crippen LogP) is 3.31. The van der Waals surface area contributed by atoms with Crippen molar-refractivity contribution in [3.8, 4) is 0 Å². The monoisotopic (exact) mass is 325 g/mol. The normalized spacial score (nSPS) is 25.7.